The summed E-state index contributed by atoms with van der Waals surface area (Å²) in [5, 5.41) is 9.30. The lowest BCUT2D eigenvalue weighted by atomic mass is 10.1. The van der Waals surface area contributed by atoms with Gasteiger partial charge in [0.2, 0.25) is 5.76 Å². The molecule has 0 radical (unpaired) electrons. The SMILES string of the molecule is COC(=O)C(=CO)Oc1cccc(Sc2ccccc2)c1C(=O)OC(C)(C)C. The molecule has 0 aliphatic carbocycles. The first-order valence-electron chi connectivity index (χ1n) is 8.45. The summed E-state index contributed by atoms with van der Waals surface area (Å²) in [6.07, 6.45) is 0.488. The van der Waals surface area contributed by atoms with Gasteiger partial charge in [-0.15, -0.1) is 0 Å². The Morgan fingerprint density at radius 1 is 1.04 bits per heavy atom. The van der Waals surface area contributed by atoms with E-state index in [2.05, 4.69) is 4.74 Å². The average molecular weight is 402 g/mol. The summed E-state index contributed by atoms with van der Waals surface area (Å²) in [4.78, 5) is 26.1. The predicted octanol–water partition coefficient (Wildman–Crippen LogP) is 4.74. The van der Waals surface area contributed by atoms with E-state index in [1.54, 1.807) is 32.9 Å². The van der Waals surface area contributed by atoms with Crippen LogP contribution in [0.15, 0.2) is 70.3 Å². The fourth-order valence-corrected chi connectivity index (χ4v) is 3.15. The van der Waals surface area contributed by atoms with Gasteiger partial charge in [-0.3, -0.25) is 0 Å². The molecule has 0 atom stereocenters. The molecule has 0 spiro atoms. The van der Waals surface area contributed by atoms with Crippen molar-refractivity contribution in [1.82, 2.24) is 0 Å². The van der Waals surface area contributed by atoms with Crippen molar-refractivity contribution >= 4 is 23.7 Å². The lowest BCUT2D eigenvalue weighted by molar-refractivity contribution is -0.138. The van der Waals surface area contributed by atoms with Crippen LogP contribution in [0.25, 0.3) is 0 Å². The van der Waals surface area contributed by atoms with Crippen LogP contribution >= 0.6 is 11.8 Å². The van der Waals surface area contributed by atoms with E-state index in [9.17, 15) is 14.7 Å². The van der Waals surface area contributed by atoms with E-state index in [0.717, 1.165) is 12.0 Å². The molecule has 0 saturated carbocycles. The highest BCUT2D eigenvalue weighted by molar-refractivity contribution is 7.99. The molecule has 0 fully saturated rings. The number of aliphatic hydroxyl groups is 1. The topological polar surface area (TPSA) is 82.1 Å². The Bertz CT molecular complexity index is 868. The first-order chi connectivity index (χ1) is 13.2. The summed E-state index contributed by atoms with van der Waals surface area (Å²) < 4.78 is 15.6. The van der Waals surface area contributed by atoms with Crippen molar-refractivity contribution < 1.29 is 28.9 Å². The Morgan fingerprint density at radius 3 is 2.29 bits per heavy atom. The van der Waals surface area contributed by atoms with Crippen LogP contribution < -0.4 is 4.74 Å². The summed E-state index contributed by atoms with van der Waals surface area (Å²) in [6, 6.07) is 14.4. The van der Waals surface area contributed by atoms with Crippen LogP contribution in [0.4, 0.5) is 0 Å². The quantitative estimate of drug-likeness (QED) is 0.424. The maximum Gasteiger partial charge on any atom is 0.377 e. The molecular weight excluding hydrogens is 380 g/mol. The van der Waals surface area contributed by atoms with Crippen molar-refractivity contribution in [3.63, 3.8) is 0 Å². The molecule has 148 valence electrons. The standard InChI is InChI=1S/C21H22O6S/c1-21(2,3)27-20(24)18-15(26-16(13-22)19(23)25-4)11-8-12-17(18)28-14-9-6-5-7-10-14/h5-13,22H,1-4H3. The Balaban J connectivity index is 2.50. The number of ether oxygens (including phenoxy) is 3. The van der Waals surface area contributed by atoms with E-state index in [1.165, 1.54) is 17.8 Å². The Kier molecular flexibility index (Phi) is 7.12. The summed E-state index contributed by atoms with van der Waals surface area (Å²) in [5.74, 6) is -1.86. The lowest BCUT2D eigenvalue weighted by Crippen LogP contribution is -2.25. The molecule has 2 aromatic rings. The molecule has 1 N–H and O–H groups in total. The van der Waals surface area contributed by atoms with Gasteiger partial charge in [-0.05, 0) is 45.0 Å². The molecule has 0 amide bonds. The minimum Gasteiger partial charge on any atom is -0.511 e. The van der Waals surface area contributed by atoms with Crippen molar-refractivity contribution in [1.29, 1.82) is 0 Å². The fraction of sp³-hybridized carbons (Fsp3) is 0.238. The number of hydrogen-bond acceptors (Lipinski definition) is 7. The minimum atomic E-state index is -0.876. The van der Waals surface area contributed by atoms with Gasteiger partial charge in [0.1, 0.15) is 23.2 Å². The summed E-state index contributed by atoms with van der Waals surface area (Å²) in [5.41, 5.74) is -0.578. The van der Waals surface area contributed by atoms with E-state index in [1.807, 2.05) is 30.3 Å². The number of hydrogen-bond donors (Lipinski definition) is 1. The second kappa shape index (κ2) is 9.32. The molecule has 0 aliphatic rings. The third-order valence-corrected chi connectivity index (χ3v) is 4.35. The molecule has 0 aromatic heterocycles. The van der Waals surface area contributed by atoms with Crippen LogP contribution in [-0.4, -0.2) is 29.8 Å². The van der Waals surface area contributed by atoms with Gasteiger partial charge in [-0.1, -0.05) is 36.0 Å². The Morgan fingerprint density at radius 2 is 1.71 bits per heavy atom. The summed E-state index contributed by atoms with van der Waals surface area (Å²) in [7, 11) is 1.16. The number of carbonyl (C=O) groups excluding carboxylic acids is 2. The van der Waals surface area contributed by atoms with Gasteiger partial charge in [-0.25, -0.2) is 9.59 Å². The second-order valence-electron chi connectivity index (χ2n) is 6.63. The molecule has 0 bridgehead atoms. The number of methoxy groups -OCH3 is 1. The van der Waals surface area contributed by atoms with Gasteiger partial charge in [0, 0.05) is 9.79 Å². The third-order valence-electron chi connectivity index (χ3n) is 3.29. The first kappa shape index (κ1) is 21.4. The number of aliphatic hydroxyl groups excluding tert-OH is 1. The lowest BCUT2D eigenvalue weighted by Gasteiger charge is -2.22. The minimum absolute atomic E-state index is 0.0703. The molecule has 7 heteroatoms. The number of benzene rings is 2. The number of carbonyl (C=O) groups is 2. The van der Waals surface area contributed by atoms with E-state index in [4.69, 9.17) is 9.47 Å². The highest BCUT2D eigenvalue weighted by atomic mass is 32.2. The van der Waals surface area contributed by atoms with Crippen LogP contribution in [-0.2, 0) is 14.3 Å². The number of rotatable bonds is 6. The van der Waals surface area contributed by atoms with E-state index >= 15 is 0 Å². The predicted molar refractivity (Wildman–Crippen MR) is 106 cm³/mol. The van der Waals surface area contributed by atoms with E-state index in [-0.39, 0.29) is 11.3 Å². The fourth-order valence-electron chi connectivity index (χ4n) is 2.17. The molecule has 0 aliphatic heterocycles. The molecule has 6 nitrogen and oxygen atoms in total. The van der Waals surface area contributed by atoms with Gasteiger partial charge in [0.25, 0.3) is 0 Å². The van der Waals surface area contributed by atoms with Crippen molar-refractivity contribution in [3.05, 3.63) is 66.1 Å². The highest BCUT2D eigenvalue weighted by Gasteiger charge is 2.26. The maximum atomic E-state index is 12.9. The monoisotopic (exact) mass is 402 g/mol. The third kappa shape index (κ3) is 5.79. The number of esters is 2. The van der Waals surface area contributed by atoms with Crippen LogP contribution in [0.1, 0.15) is 31.1 Å². The maximum absolute atomic E-state index is 12.9. The van der Waals surface area contributed by atoms with Gasteiger partial charge in [0.15, 0.2) is 0 Å². The average Bonchev–Trinajstić information content (AvgIpc) is 2.65. The van der Waals surface area contributed by atoms with Gasteiger partial charge in [-0.2, -0.15) is 0 Å². The van der Waals surface area contributed by atoms with E-state index < -0.39 is 23.3 Å². The molecule has 2 rings (SSSR count). The summed E-state index contributed by atoms with van der Waals surface area (Å²) in [6.45, 7) is 5.27. The first-order valence-corrected chi connectivity index (χ1v) is 9.26. The van der Waals surface area contributed by atoms with Crippen molar-refractivity contribution in [2.45, 2.75) is 36.2 Å². The van der Waals surface area contributed by atoms with Gasteiger partial charge >= 0.3 is 11.9 Å². The second-order valence-corrected chi connectivity index (χ2v) is 7.75. The normalized spacial score (nSPS) is 11.6. The van der Waals surface area contributed by atoms with Crippen molar-refractivity contribution in [2.75, 3.05) is 7.11 Å². The molecule has 0 unspecified atom stereocenters. The van der Waals surface area contributed by atoms with Gasteiger partial charge in [0.05, 0.1) is 7.11 Å². The van der Waals surface area contributed by atoms with Crippen molar-refractivity contribution in [2.24, 2.45) is 0 Å². The van der Waals surface area contributed by atoms with Crippen LogP contribution in [0.5, 0.6) is 5.75 Å². The van der Waals surface area contributed by atoms with Crippen molar-refractivity contribution in [3.8, 4) is 5.75 Å². The largest absolute Gasteiger partial charge is 0.511 e. The Hall–Kier alpha value is -2.93. The molecule has 28 heavy (non-hydrogen) atoms. The molecule has 2 aromatic carbocycles. The summed E-state index contributed by atoms with van der Waals surface area (Å²) >= 11 is 1.35. The van der Waals surface area contributed by atoms with Crippen LogP contribution in [0.2, 0.25) is 0 Å². The van der Waals surface area contributed by atoms with Gasteiger partial charge < -0.3 is 19.3 Å². The zero-order chi connectivity index (χ0) is 20.7. The molecular formula is C21H22O6S. The Labute approximate surface area is 168 Å². The smallest absolute Gasteiger partial charge is 0.377 e. The van der Waals surface area contributed by atoms with E-state index in [0.29, 0.717) is 11.2 Å². The molecule has 0 heterocycles. The highest BCUT2D eigenvalue weighted by Crippen LogP contribution is 2.36. The van der Waals surface area contributed by atoms with Crippen LogP contribution in [0, 0.1) is 0 Å². The zero-order valence-electron chi connectivity index (χ0n) is 16.1. The van der Waals surface area contributed by atoms with Crippen LogP contribution in [0.3, 0.4) is 0 Å². The zero-order valence-corrected chi connectivity index (χ0v) is 16.9. The molecule has 0 saturated heterocycles.